The molecule has 0 unspecified atom stereocenters. The molecule has 0 amide bonds. The van der Waals surface area contributed by atoms with E-state index in [-0.39, 0.29) is 5.56 Å². The Morgan fingerprint density at radius 1 is 1.47 bits per heavy atom. The van der Waals surface area contributed by atoms with Crippen molar-refractivity contribution >= 4 is 5.69 Å². The molecule has 2 rings (SSSR count). The van der Waals surface area contributed by atoms with Gasteiger partial charge in [0.15, 0.2) is 0 Å². The lowest BCUT2D eigenvalue weighted by molar-refractivity contribution is 0.622. The fourth-order valence-electron chi connectivity index (χ4n) is 1.91. The van der Waals surface area contributed by atoms with Crippen LogP contribution < -0.4 is 4.90 Å². The molecule has 1 heterocycles. The van der Waals surface area contributed by atoms with E-state index >= 15 is 0 Å². The number of nitrogens with zero attached hydrogens (tertiary/aromatic N) is 4. The number of imidazole rings is 1. The van der Waals surface area contributed by atoms with Crippen LogP contribution in [0.5, 0.6) is 0 Å². The Balaban J connectivity index is 2.25. The van der Waals surface area contributed by atoms with Crippen molar-refractivity contribution in [1.29, 1.82) is 5.26 Å². The number of hydrogen-bond acceptors (Lipinski definition) is 3. The molecule has 0 N–H and O–H groups in total. The molecule has 19 heavy (non-hydrogen) atoms. The molecule has 0 spiro atoms. The van der Waals surface area contributed by atoms with Crippen molar-refractivity contribution in [3.05, 3.63) is 47.8 Å². The summed E-state index contributed by atoms with van der Waals surface area (Å²) in [6.07, 6.45) is 3.53. The third-order valence-electron chi connectivity index (χ3n) is 3.09. The normalized spacial score (nSPS) is 10.2. The van der Waals surface area contributed by atoms with Gasteiger partial charge in [0.25, 0.3) is 0 Å². The fourth-order valence-corrected chi connectivity index (χ4v) is 1.91. The molecule has 0 radical (unpaired) electrons. The van der Waals surface area contributed by atoms with Crippen LogP contribution >= 0.6 is 0 Å². The zero-order chi connectivity index (χ0) is 13.8. The van der Waals surface area contributed by atoms with Gasteiger partial charge >= 0.3 is 0 Å². The molecule has 0 saturated carbocycles. The quantitative estimate of drug-likeness (QED) is 0.846. The van der Waals surface area contributed by atoms with Crippen LogP contribution in [-0.2, 0) is 13.6 Å². The van der Waals surface area contributed by atoms with Crippen molar-refractivity contribution < 1.29 is 4.39 Å². The maximum atomic E-state index is 13.6. The third kappa shape index (κ3) is 2.74. The Hall–Kier alpha value is -2.35. The Morgan fingerprint density at radius 2 is 2.26 bits per heavy atom. The summed E-state index contributed by atoms with van der Waals surface area (Å²) < 4.78 is 15.6. The van der Waals surface area contributed by atoms with Crippen LogP contribution in [0.25, 0.3) is 0 Å². The predicted octanol–water partition coefficient (Wildman–Crippen LogP) is 2.46. The van der Waals surface area contributed by atoms with Gasteiger partial charge in [-0.15, -0.1) is 0 Å². The zero-order valence-electron chi connectivity index (χ0n) is 11.0. The molecule has 0 saturated heterocycles. The van der Waals surface area contributed by atoms with Gasteiger partial charge in [0.05, 0.1) is 24.1 Å². The highest BCUT2D eigenvalue weighted by atomic mass is 19.1. The lowest BCUT2D eigenvalue weighted by Gasteiger charge is -2.23. The summed E-state index contributed by atoms with van der Waals surface area (Å²) in [6.45, 7) is 3.40. The number of hydrogen-bond donors (Lipinski definition) is 0. The van der Waals surface area contributed by atoms with Crippen molar-refractivity contribution in [2.75, 3.05) is 11.4 Å². The average Bonchev–Trinajstić information content (AvgIpc) is 2.81. The molecule has 0 aliphatic rings. The molecule has 1 aromatic heterocycles. The molecule has 2 aromatic rings. The predicted molar refractivity (Wildman–Crippen MR) is 71.0 cm³/mol. The lowest BCUT2D eigenvalue weighted by atomic mass is 10.2. The summed E-state index contributed by atoms with van der Waals surface area (Å²) >= 11 is 0. The van der Waals surface area contributed by atoms with Crippen molar-refractivity contribution in [3.63, 3.8) is 0 Å². The molecular weight excluding hydrogens is 243 g/mol. The summed E-state index contributed by atoms with van der Waals surface area (Å²) in [7, 11) is 1.93. The van der Waals surface area contributed by atoms with Gasteiger partial charge in [-0.25, -0.2) is 9.37 Å². The maximum Gasteiger partial charge on any atom is 0.143 e. The second-order valence-corrected chi connectivity index (χ2v) is 4.29. The minimum atomic E-state index is -0.483. The van der Waals surface area contributed by atoms with Gasteiger partial charge in [0.1, 0.15) is 11.9 Å². The Kier molecular flexibility index (Phi) is 3.81. The van der Waals surface area contributed by atoms with Gasteiger partial charge in [-0.1, -0.05) is 0 Å². The van der Waals surface area contributed by atoms with Gasteiger partial charge in [-0.05, 0) is 25.1 Å². The first-order valence-corrected chi connectivity index (χ1v) is 6.05. The molecule has 0 aliphatic carbocycles. The van der Waals surface area contributed by atoms with E-state index in [0.29, 0.717) is 6.54 Å². The lowest BCUT2D eigenvalue weighted by Crippen LogP contribution is -2.23. The summed E-state index contributed by atoms with van der Waals surface area (Å²) in [4.78, 5) is 6.10. The van der Waals surface area contributed by atoms with E-state index in [1.54, 1.807) is 18.6 Å². The van der Waals surface area contributed by atoms with E-state index in [9.17, 15) is 4.39 Å². The van der Waals surface area contributed by atoms with E-state index in [0.717, 1.165) is 17.9 Å². The Labute approximate surface area is 111 Å². The molecule has 98 valence electrons. The number of benzene rings is 1. The Bertz CT molecular complexity index is 612. The second-order valence-electron chi connectivity index (χ2n) is 4.29. The van der Waals surface area contributed by atoms with Gasteiger partial charge < -0.3 is 9.47 Å². The molecule has 0 atom stereocenters. The number of nitriles is 1. The first-order chi connectivity index (χ1) is 9.15. The van der Waals surface area contributed by atoms with E-state index in [1.807, 2.05) is 29.5 Å². The van der Waals surface area contributed by atoms with E-state index in [1.165, 1.54) is 12.1 Å². The van der Waals surface area contributed by atoms with Crippen LogP contribution in [0.3, 0.4) is 0 Å². The van der Waals surface area contributed by atoms with Crippen LogP contribution in [0.15, 0.2) is 30.7 Å². The van der Waals surface area contributed by atoms with Crippen molar-refractivity contribution in [1.82, 2.24) is 9.55 Å². The van der Waals surface area contributed by atoms with Crippen LogP contribution in [0.2, 0.25) is 0 Å². The van der Waals surface area contributed by atoms with Crippen molar-refractivity contribution in [2.45, 2.75) is 13.5 Å². The summed E-state index contributed by atoms with van der Waals surface area (Å²) in [5.74, 6) is -0.483. The molecule has 0 bridgehead atoms. The standard InChI is InChI=1S/C14H15FN4/c1-3-19(9-13-8-17-10-18(13)2)12-5-4-11(7-16)14(15)6-12/h4-6,8,10H,3,9H2,1-2H3. The highest BCUT2D eigenvalue weighted by molar-refractivity contribution is 5.50. The number of aryl methyl sites for hydroxylation is 1. The zero-order valence-corrected chi connectivity index (χ0v) is 11.0. The minimum Gasteiger partial charge on any atom is -0.366 e. The van der Waals surface area contributed by atoms with Crippen molar-refractivity contribution in [2.24, 2.45) is 7.05 Å². The van der Waals surface area contributed by atoms with Crippen LogP contribution in [-0.4, -0.2) is 16.1 Å². The largest absolute Gasteiger partial charge is 0.366 e. The monoisotopic (exact) mass is 258 g/mol. The molecular formula is C14H15FN4. The van der Waals surface area contributed by atoms with Crippen LogP contribution in [0, 0.1) is 17.1 Å². The highest BCUT2D eigenvalue weighted by Gasteiger charge is 2.10. The molecule has 4 nitrogen and oxygen atoms in total. The fraction of sp³-hybridized carbons (Fsp3) is 0.286. The molecule has 0 aliphatic heterocycles. The first-order valence-electron chi connectivity index (χ1n) is 6.05. The summed E-state index contributed by atoms with van der Waals surface area (Å²) in [6, 6.07) is 6.50. The number of aromatic nitrogens is 2. The topological polar surface area (TPSA) is 44.9 Å². The van der Waals surface area contributed by atoms with Gasteiger partial charge in [0.2, 0.25) is 0 Å². The minimum absolute atomic E-state index is 0.0698. The summed E-state index contributed by atoms with van der Waals surface area (Å²) in [5, 5.41) is 8.73. The number of anilines is 1. The third-order valence-corrected chi connectivity index (χ3v) is 3.09. The Morgan fingerprint density at radius 3 is 2.79 bits per heavy atom. The number of halogens is 1. The molecule has 5 heteroatoms. The van der Waals surface area contributed by atoms with Gasteiger partial charge in [0, 0.05) is 25.5 Å². The molecule has 1 aromatic carbocycles. The highest BCUT2D eigenvalue weighted by Crippen LogP contribution is 2.20. The van der Waals surface area contributed by atoms with Crippen LogP contribution in [0.4, 0.5) is 10.1 Å². The SMILES string of the molecule is CCN(Cc1cncn1C)c1ccc(C#N)c(F)c1. The van der Waals surface area contributed by atoms with E-state index < -0.39 is 5.82 Å². The maximum absolute atomic E-state index is 13.6. The van der Waals surface area contributed by atoms with Crippen molar-refractivity contribution in [3.8, 4) is 6.07 Å². The van der Waals surface area contributed by atoms with E-state index in [2.05, 4.69) is 4.98 Å². The number of rotatable bonds is 4. The van der Waals surface area contributed by atoms with Gasteiger partial charge in [-0.2, -0.15) is 5.26 Å². The molecule has 0 fully saturated rings. The first kappa shape index (κ1) is 13.1. The van der Waals surface area contributed by atoms with Gasteiger partial charge in [-0.3, -0.25) is 0 Å². The van der Waals surface area contributed by atoms with E-state index in [4.69, 9.17) is 5.26 Å². The summed E-state index contributed by atoms with van der Waals surface area (Å²) in [5.41, 5.74) is 1.88. The average molecular weight is 258 g/mol. The van der Waals surface area contributed by atoms with Crippen LogP contribution in [0.1, 0.15) is 18.2 Å². The second kappa shape index (κ2) is 5.53. The smallest absolute Gasteiger partial charge is 0.143 e.